The van der Waals surface area contributed by atoms with Gasteiger partial charge in [-0.2, -0.15) is 0 Å². The maximum atomic E-state index is 12.9. The van der Waals surface area contributed by atoms with Crippen molar-refractivity contribution in [2.45, 2.75) is 20.3 Å². The zero-order valence-electron chi connectivity index (χ0n) is 13.4. The second kappa shape index (κ2) is 6.75. The van der Waals surface area contributed by atoms with Gasteiger partial charge in [-0.3, -0.25) is 14.5 Å². The molecule has 2 fully saturated rings. The van der Waals surface area contributed by atoms with E-state index < -0.39 is 0 Å². The molecule has 0 radical (unpaired) electrons. The molecule has 6 nitrogen and oxygen atoms in total. The molecular formula is C15H27N3O3. The van der Waals surface area contributed by atoms with E-state index in [0.717, 1.165) is 32.6 Å². The topological polar surface area (TPSA) is 61.9 Å². The first kappa shape index (κ1) is 16.2. The van der Waals surface area contributed by atoms with Gasteiger partial charge in [0.25, 0.3) is 0 Å². The van der Waals surface area contributed by atoms with Crippen LogP contribution >= 0.6 is 0 Å². The summed E-state index contributed by atoms with van der Waals surface area (Å²) in [6.07, 6.45) is 0.922. The molecule has 0 aromatic heterocycles. The van der Waals surface area contributed by atoms with Crippen molar-refractivity contribution in [2.75, 3.05) is 52.9 Å². The number of esters is 1. The summed E-state index contributed by atoms with van der Waals surface area (Å²) in [5.41, 5.74) is -0.246. The Labute approximate surface area is 126 Å². The van der Waals surface area contributed by atoms with E-state index in [4.69, 9.17) is 0 Å². The van der Waals surface area contributed by atoms with E-state index in [9.17, 15) is 9.59 Å². The summed E-state index contributed by atoms with van der Waals surface area (Å²) >= 11 is 0. The van der Waals surface area contributed by atoms with Crippen LogP contribution in [0.3, 0.4) is 0 Å². The number of piperazine rings is 1. The molecule has 0 aliphatic carbocycles. The van der Waals surface area contributed by atoms with Gasteiger partial charge in [0.1, 0.15) is 0 Å². The van der Waals surface area contributed by atoms with Crippen molar-refractivity contribution in [3.63, 3.8) is 0 Å². The molecule has 0 saturated carbocycles. The maximum absolute atomic E-state index is 12.9. The fourth-order valence-corrected chi connectivity index (χ4v) is 3.30. The molecule has 2 aliphatic heterocycles. The zero-order chi connectivity index (χ0) is 15.5. The van der Waals surface area contributed by atoms with Gasteiger partial charge in [-0.05, 0) is 18.9 Å². The predicted octanol–water partition coefficient (Wildman–Crippen LogP) is -0.0607. The Bertz CT molecular complexity index is 384. The number of methoxy groups -OCH3 is 1. The van der Waals surface area contributed by atoms with E-state index in [1.165, 1.54) is 7.11 Å². The van der Waals surface area contributed by atoms with Crippen molar-refractivity contribution in [1.82, 2.24) is 15.1 Å². The van der Waals surface area contributed by atoms with E-state index in [-0.39, 0.29) is 17.3 Å². The Morgan fingerprint density at radius 3 is 2.38 bits per heavy atom. The Hall–Kier alpha value is -1.14. The zero-order valence-corrected chi connectivity index (χ0v) is 13.4. The van der Waals surface area contributed by atoms with Crippen LogP contribution in [0.5, 0.6) is 0 Å². The Morgan fingerprint density at radius 1 is 1.24 bits per heavy atom. The van der Waals surface area contributed by atoms with Crippen LogP contribution in [0.4, 0.5) is 0 Å². The van der Waals surface area contributed by atoms with Crippen LogP contribution < -0.4 is 5.32 Å². The highest BCUT2D eigenvalue weighted by molar-refractivity contribution is 5.84. The molecule has 0 bridgehead atoms. The molecule has 0 aromatic rings. The van der Waals surface area contributed by atoms with Crippen LogP contribution in [0, 0.1) is 11.3 Å². The summed E-state index contributed by atoms with van der Waals surface area (Å²) in [4.78, 5) is 28.2. The van der Waals surface area contributed by atoms with Crippen molar-refractivity contribution in [1.29, 1.82) is 0 Å². The van der Waals surface area contributed by atoms with Gasteiger partial charge in [0.15, 0.2) is 0 Å². The number of ether oxygens (including phenoxy) is 1. The molecule has 0 spiro atoms. The number of amides is 1. The van der Waals surface area contributed by atoms with Crippen LogP contribution in [0.25, 0.3) is 0 Å². The highest BCUT2D eigenvalue weighted by atomic mass is 16.5. The molecule has 120 valence electrons. The number of nitrogens with zero attached hydrogens (tertiary/aromatic N) is 2. The molecule has 1 N–H and O–H groups in total. The standard InChI is InChI=1S/C15H27N3O3/c1-12(2)15(4-5-16-11-15)14(20)18-8-6-17(7-9-18)10-13(19)21-3/h12,16H,4-11H2,1-3H3. The van der Waals surface area contributed by atoms with Gasteiger partial charge in [-0.1, -0.05) is 13.8 Å². The van der Waals surface area contributed by atoms with Crippen LogP contribution in [0.1, 0.15) is 20.3 Å². The molecule has 1 amide bonds. The molecule has 2 saturated heterocycles. The van der Waals surface area contributed by atoms with Gasteiger partial charge < -0.3 is 15.0 Å². The predicted molar refractivity (Wildman–Crippen MR) is 79.8 cm³/mol. The Kier molecular flexibility index (Phi) is 5.22. The summed E-state index contributed by atoms with van der Waals surface area (Å²) in [5, 5.41) is 3.34. The molecule has 1 unspecified atom stereocenters. The molecule has 6 heteroatoms. The average Bonchev–Trinajstić information content (AvgIpc) is 2.98. The fraction of sp³-hybridized carbons (Fsp3) is 0.867. The van der Waals surface area contributed by atoms with E-state index in [1.807, 2.05) is 9.80 Å². The van der Waals surface area contributed by atoms with Crippen molar-refractivity contribution >= 4 is 11.9 Å². The number of nitrogens with one attached hydrogen (secondary N) is 1. The van der Waals surface area contributed by atoms with Crippen molar-refractivity contribution < 1.29 is 14.3 Å². The summed E-state index contributed by atoms with van der Waals surface area (Å²) in [6, 6.07) is 0. The first-order chi connectivity index (χ1) is 9.99. The minimum atomic E-state index is -0.246. The minimum absolute atomic E-state index is 0.214. The highest BCUT2D eigenvalue weighted by Crippen LogP contribution is 2.36. The van der Waals surface area contributed by atoms with Crippen molar-refractivity contribution in [3.05, 3.63) is 0 Å². The molecule has 1 atom stereocenters. The second-order valence-corrected chi connectivity index (χ2v) is 6.38. The average molecular weight is 297 g/mol. The smallest absolute Gasteiger partial charge is 0.319 e. The van der Waals surface area contributed by atoms with Gasteiger partial charge in [-0.25, -0.2) is 0 Å². The van der Waals surface area contributed by atoms with Gasteiger partial charge in [-0.15, -0.1) is 0 Å². The van der Waals surface area contributed by atoms with E-state index >= 15 is 0 Å². The van der Waals surface area contributed by atoms with Crippen LogP contribution in [0.15, 0.2) is 0 Å². The highest BCUT2D eigenvalue weighted by Gasteiger charge is 2.46. The largest absolute Gasteiger partial charge is 0.468 e. The second-order valence-electron chi connectivity index (χ2n) is 6.38. The van der Waals surface area contributed by atoms with Gasteiger partial charge >= 0.3 is 5.97 Å². The number of hydrogen-bond acceptors (Lipinski definition) is 5. The summed E-state index contributed by atoms with van der Waals surface area (Å²) in [6.45, 7) is 9.17. The van der Waals surface area contributed by atoms with Gasteiger partial charge in [0.05, 0.1) is 19.1 Å². The van der Waals surface area contributed by atoms with Crippen LogP contribution in [-0.2, 0) is 14.3 Å². The molecule has 2 aliphatic rings. The Morgan fingerprint density at radius 2 is 1.90 bits per heavy atom. The fourth-order valence-electron chi connectivity index (χ4n) is 3.30. The third-order valence-electron chi connectivity index (χ3n) is 4.96. The normalized spacial score (nSPS) is 27.1. The number of carbonyl (C=O) groups excluding carboxylic acids is 2. The molecule has 0 aromatic carbocycles. The molecule has 2 rings (SSSR count). The summed E-state index contributed by atoms with van der Waals surface area (Å²) in [7, 11) is 1.40. The number of hydrogen-bond donors (Lipinski definition) is 1. The van der Waals surface area contributed by atoms with Gasteiger partial charge in [0.2, 0.25) is 5.91 Å². The molecule has 21 heavy (non-hydrogen) atoms. The third kappa shape index (κ3) is 3.37. The molecule has 2 heterocycles. The summed E-state index contributed by atoms with van der Waals surface area (Å²) in [5.74, 6) is 0.404. The van der Waals surface area contributed by atoms with Gasteiger partial charge in [0, 0.05) is 32.7 Å². The van der Waals surface area contributed by atoms with Crippen LogP contribution in [0.2, 0.25) is 0 Å². The lowest BCUT2D eigenvalue weighted by Gasteiger charge is -2.40. The minimum Gasteiger partial charge on any atom is -0.468 e. The van der Waals surface area contributed by atoms with E-state index in [0.29, 0.717) is 25.6 Å². The SMILES string of the molecule is COC(=O)CN1CCN(C(=O)C2(C(C)C)CCNC2)CC1. The maximum Gasteiger partial charge on any atom is 0.319 e. The monoisotopic (exact) mass is 297 g/mol. The Balaban J connectivity index is 1.92. The molecular weight excluding hydrogens is 270 g/mol. The number of carbonyl (C=O) groups is 2. The lowest BCUT2D eigenvalue weighted by Crippen LogP contribution is -2.55. The number of rotatable bonds is 4. The summed E-state index contributed by atoms with van der Waals surface area (Å²) < 4.78 is 4.69. The lowest BCUT2D eigenvalue weighted by atomic mass is 9.75. The van der Waals surface area contributed by atoms with E-state index in [2.05, 4.69) is 23.9 Å². The third-order valence-corrected chi connectivity index (χ3v) is 4.96. The lowest BCUT2D eigenvalue weighted by molar-refractivity contribution is -0.147. The van der Waals surface area contributed by atoms with Crippen molar-refractivity contribution in [2.24, 2.45) is 11.3 Å². The van der Waals surface area contributed by atoms with Crippen LogP contribution in [-0.4, -0.2) is 74.6 Å². The van der Waals surface area contributed by atoms with Crippen molar-refractivity contribution in [3.8, 4) is 0 Å². The quantitative estimate of drug-likeness (QED) is 0.737. The first-order valence-corrected chi connectivity index (χ1v) is 7.79. The van der Waals surface area contributed by atoms with E-state index in [1.54, 1.807) is 0 Å². The first-order valence-electron chi connectivity index (χ1n) is 7.79.